The number of benzene rings is 1. The van der Waals surface area contributed by atoms with Crippen molar-refractivity contribution in [3.05, 3.63) is 54.1 Å². The van der Waals surface area contributed by atoms with Crippen LogP contribution in [-0.4, -0.2) is 58.0 Å². The smallest absolute Gasteiger partial charge is 0.222 e. The second-order valence-corrected chi connectivity index (χ2v) is 6.73. The summed E-state index contributed by atoms with van der Waals surface area (Å²) in [5.74, 6) is 1.37. The lowest BCUT2D eigenvalue weighted by Crippen LogP contribution is -2.49. The third-order valence-electron chi connectivity index (χ3n) is 5.00. The van der Waals surface area contributed by atoms with Gasteiger partial charge in [-0.05, 0) is 25.3 Å². The normalized spacial score (nSPS) is 15.5. The Kier molecular flexibility index (Phi) is 6.23. The number of nitrogens with zero attached hydrogens (tertiary/aromatic N) is 4. The summed E-state index contributed by atoms with van der Waals surface area (Å²) < 4.78 is 2.18. The van der Waals surface area contributed by atoms with E-state index in [-0.39, 0.29) is 0 Å². The number of amides is 1. The summed E-state index contributed by atoms with van der Waals surface area (Å²) in [4.78, 5) is 21.1. The van der Waals surface area contributed by atoms with Gasteiger partial charge in [-0.25, -0.2) is 4.98 Å². The zero-order valence-electron chi connectivity index (χ0n) is 15.1. The zero-order valence-corrected chi connectivity index (χ0v) is 15.1. The van der Waals surface area contributed by atoms with Crippen molar-refractivity contribution < 1.29 is 4.79 Å². The Morgan fingerprint density at radius 3 is 2.52 bits per heavy atom. The highest BCUT2D eigenvalue weighted by Gasteiger charge is 2.20. The second kappa shape index (κ2) is 8.81. The summed E-state index contributed by atoms with van der Waals surface area (Å²) in [6, 6.07) is 10.4. The molecule has 0 aliphatic carbocycles. The fourth-order valence-electron chi connectivity index (χ4n) is 3.36. The van der Waals surface area contributed by atoms with Gasteiger partial charge in [0.1, 0.15) is 5.82 Å². The van der Waals surface area contributed by atoms with E-state index in [0.29, 0.717) is 12.3 Å². The van der Waals surface area contributed by atoms with Crippen molar-refractivity contribution in [2.45, 2.75) is 32.7 Å². The molecule has 1 aromatic carbocycles. The molecule has 0 saturated carbocycles. The number of imidazole rings is 1. The molecule has 1 aliphatic rings. The summed E-state index contributed by atoms with van der Waals surface area (Å²) in [6.45, 7) is 7.67. The summed E-state index contributed by atoms with van der Waals surface area (Å²) >= 11 is 0. The molecule has 0 spiro atoms. The molecule has 134 valence electrons. The lowest BCUT2D eigenvalue weighted by atomic mass is 10.1. The Labute approximate surface area is 150 Å². The third-order valence-corrected chi connectivity index (χ3v) is 5.00. The molecule has 0 N–H and O–H groups in total. The van der Waals surface area contributed by atoms with Crippen LogP contribution >= 0.6 is 0 Å². The van der Waals surface area contributed by atoms with Gasteiger partial charge in [0.05, 0.1) is 0 Å². The van der Waals surface area contributed by atoms with Gasteiger partial charge in [-0.2, -0.15) is 0 Å². The SMILES string of the molecule is Cc1nccn1CCN1CCN(C(=O)CCCc2ccccc2)CC1. The number of aryl methyl sites for hydroxylation is 2. The van der Waals surface area contributed by atoms with Gasteiger partial charge >= 0.3 is 0 Å². The third kappa shape index (κ3) is 5.16. The first kappa shape index (κ1) is 17.7. The molecule has 3 rings (SSSR count). The molecule has 5 nitrogen and oxygen atoms in total. The molecule has 2 aromatic rings. The molecule has 5 heteroatoms. The van der Waals surface area contributed by atoms with Gasteiger partial charge in [0.15, 0.2) is 0 Å². The Hall–Kier alpha value is -2.14. The molecule has 2 heterocycles. The predicted molar refractivity (Wildman–Crippen MR) is 99.4 cm³/mol. The standard InChI is InChI=1S/C20H28N4O/c1-18-21-10-11-23(18)15-12-22-13-16-24(17-14-22)20(25)9-5-8-19-6-3-2-4-7-19/h2-4,6-7,10-11H,5,8-9,12-17H2,1H3. The van der Waals surface area contributed by atoms with Gasteiger partial charge in [0, 0.05) is 58.1 Å². The fourth-order valence-corrected chi connectivity index (χ4v) is 3.36. The van der Waals surface area contributed by atoms with Crippen LogP contribution in [0.2, 0.25) is 0 Å². The number of carbonyl (C=O) groups excluding carboxylic acids is 1. The minimum atomic E-state index is 0.307. The summed E-state index contributed by atoms with van der Waals surface area (Å²) in [6.07, 6.45) is 6.45. The number of aromatic nitrogens is 2. The largest absolute Gasteiger partial charge is 0.340 e. The molecule has 1 fully saturated rings. The van der Waals surface area contributed by atoms with E-state index in [1.807, 2.05) is 30.3 Å². The minimum absolute atomic E-state index is 0.307. The average molecular weight is 340 g/mol. The first-order chi connectivity index (χ1) is 12.2. The van der Waals surface area contributed by atoms with Crippen molar-refractivity contribution >= 4 is 5.91 Å². The minimum Gasteiger partial charge on any atom is -0.340 e. The van der Waals surface area contributed by atoms with Gasteiger partial charge in [0.2, 0.25) is 5.91 Å². The first-order valence-electron chi connectivity index (χ1n) is 9.24. The molecular weight excluding hydrogens is 312 g/mol. The summed E-state index contributed by atoms with van der Waals surface area (Å²) in [5, 5.41) is 0. The number of piperazine rings is 1. The van der Waals surface area contributed by atoms with E-state index in [1.54, 1.807) is 0 Å². The van der Waals surface area contributed by atoms with Gasteiger partial charge in [-0.15, -0.1) is 0 Å². The highest BCUT2D eigenvalue weighted by atomic mass is 16.2. The maximum absolute atomic E-state index is 12.4. The van der Waals surface area contributed by atoms with E-state index in [2.05, 4.69) is 38.7 Å². The highest BCUT2D eigenvalue weighted by Crippen LogP contribution is 2.09. The topological polar surface area (TPSA) is 41.4 Å². The van der Waals surface area contributed by atoms with Crippen LogP contribution in [0.25, 0.3) is 0 Å². The van der Waals surface area contributed by atoms with E-state index >= 15 is 0 Å². The Morgan fingerprint density at radius 1 is 1.08 bits per heavy atom. The molecule has 0 unspecified atom stereocenters. The molecule has 0 atom stereocenters. The molecule has 25 heavy (non-hydrogen) atoms. The van der Waals surface area contributed by atoms with Gasteiger partial charge in [0.25, 0.3) is 0 Å². The molecule has 1 amide bonds. The van der Waals surface area contributed by atoms with Gasteiger partial charge in [-0.1, -0.05) is 30.3 Å². The van der Waals surface area contributed by atoms with Gasteiger partial charge < -0.3 is 9.47 Å². The van der Waals surface area contributed by atoms with E-state index in [9.17, 15) is 4.79 Å². The molecule has 0 bridgehead atoms. The van der Waals surface area contributed by atoms with Crippen LogP contribution in [0.3, 0.4) is 0 Å². The van der Waals surface area contributed by atoms with Crippen molar-refractivity contribution in [3.8, 4) is 0 Å². The molecular formula is C20H28N4O. The number of carbonyl (C=O) groups is 1. The van der Waals surface area contributed by atoms with Crippen molar-refractivity contribution in [1.29, 1.82) is 0 Å². The van der Waals surface area contributed by atoms with E-state index in [0.717, 1.165) is 57.9 Å². The fraction of sp³-hybridized carbons (Fsp3) is 0.500. The van der Waals surface area contributed by atoms with Crippen molar-refractivity contribution in [2.24, 2.45) is 0 Å². The lowest BCUT2D eigenvalue weighted by Gasteiger charge is -2.35. The van der Waals surface area contributed by atoms with E-state index < -0.39 is 0 Å². The average Bonchev–Trinajstić information content (AvgIpc) is 3.06. The van der Waals surface area contributed by atoms with E-state index in [4.69, 9.17) is 0 Å². The van der Waals surface area contributed by atoms with Gasteiger partial charge in [-0.3, -0.25) is 9.69 Å². The molecule has 1 aliphatic heterocycles. The first-order valence-corrected chi connectivity index (χ1v) is 9.24. The summed E-state index contributed by atoms with van der Waals surface area (Å²) in [7, 11) is 0. The number of hydrogen-bond donors (Lipinski definition) is 0. The van der Waals surface area contributed by atoms with Crippen molar-refractivity contribution in [2.75, 3.05) is 32.7 Å². The predicted octanol–water partition coefficient (Wildman–Crippen LogP) is 2.36. The van der Waals surface area contributed by atoms with E-state index in [1.165, 1.54) is 5.56 Å². The second-order valence-electron chi connectivity index (χ2n) is 6.73. The van der Waals surface area contributed by atoms with Crippen LogP contribution in [0, 0.1) is 6.92 Å². The van der Waals surface area contributed by atoms with Crippen LogP contribution in [0.5, 0.6) is 0 Å². The van der Waals surface area contributed by atoms with Crippen molar-refractivity contribution in [1.82, 2.24) is 19.4 Å². The maximum Gasteiger partial charge on any atom is 0.222 e. The van der Waals surface area contributed by atoms with Crippen LogP contribution in [-0.2, 0) is 17.8 Å². The van der Waals surface area contributed by atoms with Crippen LogP contribution in [0.1, 0.15) is 24.2 Å². The quantitative estimate of drug-likeness (QED) is 0.777. The Bertz CT molecular complexity index is 659. The highest BCUT2D eigenvalue weighted by molar-refractivity contribution is 5.76. The summed E-state index contributed by atoms with van der Waals surface area (Å²) in [5.41, 5.74) is 1.31. The number of hydrogen-bond acceptors (Lipinski definition) is 3. The lowest BCUT2D eigenvalue weighted by molar-refractivity contribution is -0.133. The Balaban J connectivity index is 1.34. The number of rotatable bonds is 7. The Morgan fingerprint density at radius 2 is 1.84 bits per heavy atom. The molecule has 1 aromatic heterocycles. The van der Waals surface area contributed by atoms with Crippen LogP contribution in [0.4, 0.5) is 0 Å². The maximum atomic E-state index is 12.4. The molecule has 1 saturated heterocycles. The van der Waals surface area contributed by atoms with Crippen molar-refractivity contribution in [3.63, 3.8) is 0 Å². The van der Waals surface area contributed by atoms with Crippen LogP contribution < -0.4 is 0 Å². The monoisotopic (exact) mass is 340 g/mol. The van der Waals surface area contributed by atoms with Crippen LogP contribution in [0.15, 0.2) is 42.7 Å². The zero-order chi connectivity index (χ0) is 17.5. The molecule has 0 radical (unpaired) electrons.